The Hall–Kier alpha value is -2.45. The standard InChI is InChI=1S/C40H63N4O9P/c1-3-4-5-6-7-8-9-10-11-12-13-14-15-16-17-21-26-49-28-32(50-27-31-22-19-18-20-23-31)29-51-54(47,48)53-36-35-40(36,46)38(45)39(2,52-35)34-25-24-33-37(41)42-30-43-44(33)34/h18-20,22-25,30,32,35-36,38,45-46H,3-17,21,26-29H2,1-2H3,(H,47,48)(H2,41,42,43)/t32-,35+,36?,38-,39-,40-/m0/s1. The Bertz CT molecular complexity index is 1600. The van der Waals surface area contributed by atoms with Gasteiger partial charge in [0.25, 0.3) is 0 Å². The fourth-order valence-electron chi connectivity index (χ4n) is 7.49. The van der Waals surface area contributed by atoms with Crippen LogP contribution in [0.25, 0.3) is 5.52 Å². The van der Waals surface area contributed by atoms with E-state index in [1.807, 2.05) is 30.3 Å². The second kappa shape index (κ2) is 20.6. The number of anilines is 1. The highest BCUT2D eigenvalue weighted by molar-refractivity contribution is 7.47. The molecule has 2 aliphatic rings. The number of unbranched alkanes of at least 4 members (excludes halogenated alkanes) is 15. The SMILES string of the molecule is CCCCCCCCCCCCCCCCCCOC[C@@H](COP(=O)(O)OC1[C@H]2O[C@@](C)(c3ccc4c(N)ncnn34)[C@H](O)[C@@]12O)OCc1ccccc1. The maximum absolute atomic E-state index is 13.1. The summed E-state index contributed by atoms with van der Waals surface area (Å²) >= 11 is 0. The number of aliphatic hydroxyl groups is 2. The number of aromatic nitrogens is 3. The number of hydrogen-bond acceptors (Lipinski definition) is 11. The number of phosphoric ester groups is 1. The lowest BCUT2D eigenvalue weighted by Gasteiger charge is -2.32. The quantitative estimate of drug-likeness (QED) is 0.0425. The summed E-state index contributed by atoms with van der Waals surface area (Å²) in [6, 6.07) is 13.0. The number of aliphatic hydroxyl groups excluding tert-OH is 1. The van der Waals surface area contributed by atoms with Gasteiger partial charge in [-0.3, -0.25) is 9.05 Å². The number of rotatable bonds is 28. The van der Waals surface area contributed by atoms with Gasteiger partial charge in [-0.2, -0.15) is 5.10 Å². The van der Waals surface area contributed by atoms with Crippen molar-refractivity contribution >= 4 is 19.2 Å². The Kier molecular flexibility index (Phi) is 16.3. The smallest absolute Gasteiger partial charge is 0.386 e. The maximum atomic E-state index is 13.1. The second-order valence-electron chi connectivity index (χ2n) is 15.2. The van der Waals surface area contributed by atoms with Crippen molar-refractivity contribution in [3.63, 3.8) is 0 Å². The minimum atomic E-state index is -4.71. The van der Waals surface area contributed by atoms with E-state index < -0.39 is 43.4 Å². The molecule has 14 heteroatoms. The summed E-state index contributed by atoms with van der Waals surface area (Å²) in [6.07, 6.45) is 17.5. The monoisotopic (exact) mass is 774 g/mol. The molecule has 2 aromatic heterocycles. The summed E-state index contributed by atoms with van der Waals surface area (Å²) < 4.78 is 43.3. The van der Waals surface area contributed by atoms with E-state index in [1.165, 1.54) is 101 Å². The Balaban J connectivity index is 0.989. The van der Waals surface area contributed by atoms with E-state index in [0.29, 0.717) is 17.8 Å². The van der Waals surface area contributed by atoms with Crippen molar-refractivity contribution in [1.82, 2.24) is 14.6 Å². The average Bonchev–Trinajstić information content (AvgIpc) is 3.41. The molecule has 0 bridgehead atoms. The van der Waals surface area contributed by atoms with Gasteiger partial charge in [0.1, 0.15) is 41.9 Å². The van der Waals surface area contributed by atoms with Gasteiger partial charge in [-0.15, -0.1) is 0 Å². The van der Waals surface area contributed by atoms with E-state index in [0.717, 1.165) is 18.4 Å². The zero-order valence-corrected chi connectivity index (χ0v) is 33.1. The molecular formula is C40H63N4O9P. The molecule has 1 aromatic carbocycles. The van der Waals surface area contributed by atoms with Gasteiger partial charge in [0.15, 0.2) is 11.4 Å². The van der Waals surface area contributed by atoms with Crippen LogP contribution in [0.1, 0.15) is 128 Å². The molecule has 1 saturated carbocycles. The van der Waals surface area contributed by atoms with Crippen molar-refractivity contribution in [1.29, 1.82) is 0 Å². The molecule has 1 aliphatic carbocycles. The normalized spacial score (nSPS) is 25.2. The lowest BCUT2D eigenvalue weighted by atomic mass is 9.91. The third-order valence-electron chi connectivity index (χ3n) is 10.8. The molecule has 3 heterocycles. The Morgan fingerprint density at radius 1 is 0.907 bits per heavy atom. The number of nitrogens with two attached hydrogens (primary N) is 1. The number of hydrogen-bond donors (Lipinski definition) is 4. The first-order valence-corrected chi connectivity index (χ1v) is 21.7. The van der Waals surface area contributed by atoms with Crippen LogP contribution < -0.4 is 5.73 Å². The highest BCUT2D eigenvalue weighted by atomic mass is 31.2. The lowest BCUT2D eigenvalue weighted by molar-refractivity contribution is -0.127. The van der Waals surface area contributed by atoms with Gasteiger partial charge in [-0.1, -0.05) is 134 Å². The minimum Gasteiger partial charge on any atom is -0.386 e. The Morgan fingerprint density at radius 2 is 1.52 bits per heavy atom. The van der Waals surface area contributed by atoms with Gasteiger partial charge in [-0.05, 0) is 31.0 Å². The first kappa shape index (κ1) is 42.7. The van der Waals surface area contributed by atoms with E-state index in [1.54, 1.807) is 19.1 Å². The second-order valence-corrected chi connectivity index (χ2v) is 16.6. The zero-order valence-electron chi connectivity index (χ0n) is 32.2. The average molecular weight is 775 g/mol. The van der Waals surface area contributed by atoms with E-state index in [4.69, 9.17) is 29.0 Å². The van der Waals surface area contributed by atoms with E-state index in [9.17, 15) is 19.7 Å². The summed E-state index contributed by atoms with van der Waals surface area (Å²) in [5.74, 6) is 0.243. The van der Waals surface area contributed by atoms with Gasteiger partial charge in [-0.25, -0.2) is 14.1 Å². The third-order valence-corrected chi connectivity index (χ3v) is 11.8. The molecule has 2 unspecified atom stereocenters. The number of phosphoric acid groups is 1. The molecule has 0 amide bonds. The molecule has 1 saturated heterocycles. The zero-order chi connectivity index (χ0) is 38.4. The fourth-order valence-corrected chi connectivity index (χ4v) is 8.47. The number of fused-ring (bicyclic) bond motifs is 2. The number of ether oxygens (including phenoxy) is 3. The summed E-state index contributed by atoms with van der Waals surface area (Å²) in [4.78, 5) is 14.6. The molecule has 7 atom stereocenters. The molecule has 54 heavy (non-hydrogen) atoms. The Morgan fingerprint density at radius 3 is 2.11 bits per heavy atom. The fraction of sp³-hybridized carbons (Fsp3) is 0.700. The minimum absolute atomic E-state index is 0.168. The molecule has 5 N–H and O–H groups in total. The van der Waals surface area contributed by atoms with Crippen LogP contribution in [0.15, 0.2) is 48.8 Å². The molecular weight excluding hydrogens is 711 g/mol. The van der Waals surface area contributed by atoms with Crippen molar-refractivity contribution in [2.75, 3.05) is 25.6 Å². The van der Waals surface area contributed by atoms with Crippen LogP contribution in [-0.4, -0.2) is 79.5 Å². The molecule has 1 aliphatic heterocycles. The first-order chi connectivity index (χ1) is 26.1. The van der Waals surface area contributed by atoms with Crippen LogP contribution in [0.5, 0.6) is 0 Å². The molecule has 2 fully saturated rings. The van der Waals surface area contributed by atoms with Crippen molar-refractivity contribution in [2.45, 2.75) is 159 Å². The first-order valence-electron chi connectivity index (χ1n) is 20.2. The molecule has 0 radical (unpaired) electrons. The Labute approximate surface area is 320 Å². The van der Waals surface area contributed by atoms with Crippen molar-refractivity contribution < 1.29 is 42.9 Å². The third kappa shape index (κ3) is 11.3. The summed E-state index contributed by atoms with van der Waals surface area (Å²) in [6.45, 7) is 4.57. The molecule has 5 rings (SSSR count). The van der Waals surface area contributed by atoms with E-state index >= 15 is 0 Å². The van der Waals surface area contributed by atoms with Crippen LogP contribution in [-0.2, 0) is 40.0 Å². The van der Waals surface area contributed by atoms with Gasteiger partial charge < -0.3 is 35.1 Å². The summed E-state index contributed by atoms with van der Waals surface area (Å²) in [5.41, 5.74) is 4.48. The van der Waals surface area contributed by atoms with Gasteiger partial charge in [0.2, 0.25) is 0 Å². The van der Waals surface area contributed by atoms with Crippen LogP contribution in [0, 0.1) is 0 Å². The van der Waals surface area contributed by atoms with Crippen molar-refractivity contribution in [3.8, 4) is 0 Å². The van der Waals surface area contributed by atoms with E-state index in [2.05, 4.69) is 17.0 Å². The maximum Gasteiger partial charge on any atom is 0.472 e. The van der Waals surface area contributed by atoms with Crippen LogP contribution in [0.2, 0.25) is 0 Å². The summed E-state index contributed by atoms with van der Waals surface area (Å²) in [7, 11) is -4.71. The van der Waals surface area contributed by atoms with Gasteiger partial charge in [0.05, 0.1) is 25.5 Å². The van der Waals surface area contributed by atoms with Crippen molar-refractivity contribution in [2.24, 2.45) is 0 Å². The van der Waals surface area contributed by atoms with Gasteiger partial charge >= 0.3 is 7.82 Å². The predicted octanol–water partition coefficient (Wildman–Crippen LogP) is 7.40. The summed E-state index contributed by atoms with van der Waals surface area (Å²) in [5, 5.41) is 26.8. The number of benzene rings is 1. The largest absolute Gasteiger partial charge is 0.472 e. The number of nitrogen functional groups attached to an aromatic ring is 1. The molecule has 13 nitrogen and oxygen atoms in total. The lowest BCUT2D eigenvalue weighted by Crippen LogP contribution is -2.46. The van der Waals surface area contributed by atoms with Crippen LogP contribution in [0.4, 0.5) is 5.82 Å². The molecule has 0 spiro atoms. The predicted molar refractivity (Wildman–Crippen MR) is 207 cm³/mol. The number of nitrogens with zero attached hydrogens (tertiary/aromatic N) is 3. The van der Waals surface area contributed by atoms with Crippen molar-refractivity contribution in [3.05, 3.63) is 60.0 Å². The highest BCUT2D eigenvalue weighted by Crippen LogP contribution is 2.63. The van der Waals surface area contributed by atoms with Crippen LogP contribution >= 0.6 is 7.82 Å². The van der Waals surface area contributed by atoms with Gasteiger partial charge in [0, 0.05) is 6.61 Å². The molecule has 3 aromatic rings. The molecule has 302 valence electrons. The highest BCUT2D eigenvalue weighted by Gasteiger charge is 2.82. The van der Waals surface area contributed by atoms with Crippen LogP contribution in [0.3, 0.4) is 0 Å². The van der Waals surface area contributed by atoms with E-state index in [-0.39, 0.29) is 25.6 Å². The topological polar surface area (TPSA) is 180 Å².